The molecular formula is C21H26ClFN4O3. The molecule has 4 rings (SSSR count). The second kappa shape index (κ2) is 8.99. The molecule has 1 aromatic rings. The number of nitrogens with zero attached hydrogens (tertiary/aromatic N) is 4. The fourth-order valence-corrected chi connectivity index (χ4v) is 4.64. The van der Waals surface area contributed by atoms with Crippen LogP contribution in [0.3, 0.4) is 0 Å². The van der Waals surface area contributed by atoms with Crippen molar-refractivity contribution in [3.63, 3.8) is 0 Å². The maximum atomic E-state index is 13.4. The van der Waals surface area contributed by atoms with Crippen molar-refractivity contribution in [2.75, 3.05) is 50.7 Å². The second-order valence-corrected chi connectivity index (χ2v) is 8.55. The molecule has 1 aromatic carbocycles. The largest absolute Gasteiger partial charge is 0.342 e. The number of benzene rings is 1. The number of carbonyl (C=O) groups excluding carboxylic acids is 3. The number of hydrogen-bond acceptors (Lipinski definition) is 5. The van der Waals surface area contributed by atoms with Gasteiger partial charge in [-0.2, -0.15) is 0 Å². The summed E-state index contributed by atoms with van der Waals surface area (Å²) in [4.78, 5) is 45.1. The van der Waals surface area contributed by atoms with Crippen LogP contribution in [0.1, 0.15) is 25.7 Å². The van der Waals surface area contributed by atoms with Crippen LogP contribution in [-0.4, -0.2) is 84.3 Å². The Hall–Kier alpha value is -2.03. The van der Waals surface area contributed by atoms with Gasteiger partial charge in [0.1, 0.15) is 5.82 Å². The van der Waals surface area contributed by atoms with Gasteiger partial charge in [-0.3, -0.25) is 24.2 Å². The number of amides is 3. The van der Waals surface area contributed by atoms with Gasteiger partial charge >= 0.3 is 0 Å². The first-order chi connectivity index (χ1) is 14.4. The fourth-order valence-electron chi connectivity index (χ4n) is 4.46. The molecule has 0 aromatic heterocycles. The van der Waals surface area contributed by atoms with E-state index < -0.39 is 11.9 Å². The molecule has 1 atom stereocenters. The summed E-state index contributed by atoms with van der Waals surface area (Å²) >= 11 is 5.82. The molecule has 0 saturated carbocycles. The van der Waals surface area contributed by atoms with Gasteiger partial charge in [0.2, 0.25) is 11.8 Å². The number of imide groups is 1. The molecule has 30 heavy (non-hydrogen) atoms. The lowest BCUT2D eigenvalue weighted by Gasteiger charge is -2.37. The molecule has 9 heteroatoms. The van der Waals surface area contributed by atoms with Crippen LogP contribution in [0.15, 0.2) is 18.2 Å². The molecule has 3 saturated heterocycles. The van der Waals surface area contributed by atoms with Crippen molar-refractivity contribution < 1.29 is 18.8 Å². The second-order valence-electron chi connectivity index (χ2n) is 8.14. The van der Waals surface area contributed by atoms with Gasteiger partial charge in [-0.05, 0) is 37.5 Å². The SMILES string of the molecule is O=C(CN1CCN(C2CC(=O)N(c3ccc(F)c(Cl)c3)C2=O)CC1)N1CCCCC1. The Bertz CT molecular complexity index is 838. The predicted molar refractivity (Wildman–Crippen MR) is 111 cm³/mol. The van der Waals surface area contributed by atoms with Gasteiger partial charge in [0.15, 0.2) is 0 Å². The molecule has 162 valence electrons. The molecule has 1 unspecified atom stereocenters. The summed E-state index contributed by atoms with van der Waals surface area (Å²) < 4.78 is 13.4. The van der Waals surface area contributed by atoms with Gasteiger partial charge in [0, 0.05) is 39.3 Å². The first-order valence-electron chi connectivity index (χ1n) is 10.5. The van der Waals surface area contributed by atoms with Crippen molar-refractivity contribution in [2.24, 2.45) is 0 Å². The minimum absolute atomic E-state index is 0.0978. The Morgan fingerprint density at radius 2 is 1.73 bits per heavy atom. The third kappa shape index (κ3) is 4.36. The van der Waals surface area contributed by atoms with Crippen LogP contribution in [0.5, 0.6) is 0 Å². The lowest BCUT2D eigenvalue weighted by molar-refractivity contribution is -0.134. The van der Waals surface area contributed by atoms with Gasteiger partial charge in [-0.15, -0.1) is 0 Å². The molecule has 3 heterocycles. The van der Waals surface area contributed by atoms with Crippen molar-refractivity contribution in [1.29, 1.82) is 0 Å². The summed E-state index contributed by atoms with van der Waals surface area (Å²) in [6.45, 7) is 4.71. The van der Waals surface area contributed by atoms with Crippen LogP contribution in [0.25, 0.3) is 0 Å². The lowest BCUT2D eigenvalue weighted by Crippen LogP contribution is -2.54. The molecule has 0 N–H and O–H groups in total. The molecule has 0 bridgehead atoms. The Balaban J connectivity index is 1.33. The zero-order chi connectivity index (χ0) is 21.3. The van der Waals surface area contributed by atoms with Crippen LogP contribution in [-0.2, 0) is 14.4 Å². The van der Waals surface area contributed by atoms with E-state index in [0.29, 0.717) is 38.4 Å². The maximum Gasteiger partial charge on any atom is 0.251 e. The molecule has 3 aliphatic rings. The highest BCUT2D eigenvalue weighted by molar-refractivity contribution is 6.31. The average molecular weight is 437 g/mol. The highest BCUT2D eigenvalue weighted by Gasteiger charge is 2.43. The maximum absolute atomic E-state index is 13.4. The minimum atomic E-state index is -0.591. The smallest absolute Gasteiger partial charge is 0.251 e. The summed E-state index contributed by atoms with van der Waals surface area (Å²) in [5, 5.41) is -0.122. The van der Waals surface area contributed by atoms with Gasteiger partial charge in [-0.1, -0.05) is 11.6 Å². The Kier molecular flexibility index (Phi) is 6.36. The first kappa shape index (κ1) is 21.2. The van der Waals surface area contributed by atoms with E-state index >= 15 is 0 Å². The van der Waals surface area contributed by atoms with Crippen LogP contribution in [0, 0.1) is 5.82 Å². The van der Waals surface area contributed by atoms with E-state index in [1.807, 2.05) is 9.80 Å². The Morgan fingerprint density at radius 1 is 1.03 bits per heavy atom. The summed E-state index contributed by atoms with van der Waals surface area (Å²) in [5.74, 6) is -1.03. The standard InChI is InChI=1S/C21H26ClFN4O3/c22-16-12-15(4-5-17(16)23)27-19(28)13-18(21(27)30)25-10-8-24(9-11-25)14-20(29)26-6-2-1-3-7-26/h4-5,12,18H,1-3,6-11,13-14H2. The molecule has 3 fully saturated rings. The number of likely N-dealkylation sites (tertiary alicyclic amines) is 1. The number of piperidine rings is 1. The molecule has 0 aliphatic carbocycles. The fraction of sp³-hybridized carbons (Fsp3) is 0.571. The highest BCUT2D eigenvalue weighted by atomic mass is 35.5. The van der Waals surface area contributed by atoms with Gasteiger partial charge in [-0.25, -0.2) is 9.29 Å². The summed E-state index contributed by atoms with van der Waals surface area (Å²) in [6, 6.07) is 3.33. The molecule has 0 spiro atoms. The van der Waals surface area contributed by atoms with Gasteiger partial charge < -0.3 is 4.90 Å². The number of piperazine rings is 1. The monoisotopic (exact) mass is 436 g/mol. The van der Waals surface area contributed by atoms with Crippen molar-refractivity contribution in [3.8, 4) is 0 Å². The minimum Gasteiger partial charge on any atom is -0.342 e. The summed E-state index contributed by atoms with van der Waals surface area (Å²) in [6.07, 6.45) is 3.44. The van der Waals surface area contributed by atoms with Crippen molar-refractivity contribution >= 4 is 35.0 Å². The number of carbonyl (C=O) groups is 3. The van der Waals surface area contributed by atoms with E-state index in [9.17, 15) is 18.8 Å². The molecule has 3 aliphatic heterocycles. The third-order valence-corrected chi connectivity index (χ3v) is 6.49. The van der Waals surface area contributed by atoms with Crippen LogP contribution < -0.4 is 4.90 Å². The number of rotatable bonds is 4. The normalized spacial score (nSPS) is 24.0. The number of halogens is 2. The predicted octanol–water partition coefficient (Wildman–Crippen LogP) is 1.74. The Morgan fingerprint density at radius 3 is 2.40 bits per heavy atom. The third-order valence-electron chi connectivity index (χ3n) is 6.20. The van der Waals surface area contributed by atoms with E-state index in [4.69, 9.17) is 11.6 Å². The quantitative estimate of drug-likeness (QED) is 0.673. The zero-order valence-corrected chi connectivity index (χ0v) is 17.6. The van der Waals surface area contributed by atoms with Gasteiger partial charge in [0.05, 0.1) is 29.7 Å². The van der Waals surface area contributed by atoms with E-state index in [-0.39, 0.29) is 29.2 Å². The van der Waals surface area contributed by atoms with E-state index in [0.717, 1.165) is 36.9 Å². The van der Waals surface area contributed by atoms with Crippen molar-refractivity contribution in [3.05, 3.63) is 29.0 Å². The lowest BCUT2D eigenvalue weighted by atomic mass is 10.1. The molecule has 3 amide bonds. The van der Waals surface area contributed by atoms with Crippen LogP contribution in [0.2, 0.25) is 5.02 Å². The number of hydrogen-bond donors (Lipinski definition) is 0. The van der Waals surface area contributed by atoms with Gasteiger partial charge in [0.25, 0.3) is 5.91 Å². The van der Waals surface area contributed by atoms with Crippen molar-refractivity contribution in [1.82, 2.24) is 14.7 Å². The molecule has 7 nitrogen and oxygen atoms in total. The van der Waals surface area contributed by atoms with Crippen LogP contribution in [0.4, 0.5) is 10.1 Å². The van der Waals surface area contributed by atoms with Crippen LogP contribution >= 0.6 is 11.6 Å². The average Bonchev–Trinajstić information content (AvgIpc) is 3.05. The van der Waals surface area contributed by atoms with Crippen molar-refractivity contribution in [2.45, 2.75) is 31.7 Å². The number of anilines is 1. The topological polar surface area (TPSA) is 64.2 Å². The molecular weight excluding hydrogens is 411 g/mol. The van der Waals surface area contributed by atoms with E-state index in [2.05, 4.69) is 4.90 Å². The Labute approximate surface area is 180 Å². The summed E-state index contributed by atoms with van der Waals surface area (Å²) in [7, 11) is 0. The van der Waals surface area contributed by atoms with E-state index in [1.165, 1.54) is 18.6 Å². The first-order valence-corrected chi connectivity index (χ1v) is 10.9. The molecule has 0 radical (unpaired) electrons. The zero-order valence-electron chi connectivity index (χ0n) is 16.9. The highest BCUT2D eigenvalue weighted by Crippen LogP contribution is 2.29. The summed E-state index contributed by atoms with van der Waals surface area (Å²) in [5.41, 5.74) is 0.296. The van der Waals surface area contributed by atoms with E-state index in [1.54, 1.807) is 0 Å².